The summed E-state index contributed by atoms with van der Waals surface area (Å²) in [6.07, 6.45) is 0.321. The number of carboxylic acid groups (broad SMARTS) is 1. The van der Waals surface area contributed by atoms with Crippen molar-refractivity contribution >= 4 is 28.5 Å². The van der Waals surface area contributed by atoms with Gasteiger partial charge < -0.3 is 19.9 Å². The Kier molecular flexibility index (Phi) is 7.50. The summed E-state index contributed by atoms with van der Waals surface area (Å²) in [7, 11) is 1.53. The summed E-state index contributed by atoms with van der Waals surface area (Å²) in [5, 5.41) is 21.7. The van der Waals surface area contributed by atoms with E-state index in [2.05, 4.69) is 4.98 Å². The Morgan fingerprint density at radius 2 is 1.59 bits per heavy atom. The number of benzene rings is 4. The summed E-state index contributed by atoms with van der Waals surface area (Å²) in [6, 6.07) is 27.4. The van der Waals surface area contributed by atoms with Gasteiger partial charge in [-0.05, 0) is 58.3 Å². The van der Waals surface area contributed by atoms with E-state index in [0.29, 0.717) is 51.4 Å². The number of phenolic OH excluding ortho intramolecular Hbond substituents is 1. The molecule has 0 saturated heterocycles. The second-order valence-electron chi connectivity index (χ2n) is 9.33. The lowest BCUT2D eigenvalue weighted by Gasteiger charge is -2.14. The van der Waals surface area contributed by atoms with Gasteiger partial charge in [0.2, 0.25) is 0 Å². The summed E-state index contributed by atoms with van der Waals surface area (Å²) in [6.45, 7) is 0.309. The number of methoxy groups -OCH3 is 1. The smallest absolute Gasteiger partial charge is 0.311 e. The van der Waals surface area contributed by atoms with Crippen LogP contribution in [0.15, 0.2) is 95.8 Å². The third-order valence-electron chi connectivity index (χ3n) is 6.83. The molecule has 1 aromatic heterocycles. The Morgan fingerprint density at radius 3 is 2.31 bits per heavy atom. The lowest BCUT2D eigenvalue weighted by Crippen LogP contribution is -2.14. The highest BCUT2D eigenvalue weighted by molar-refractivity contribution is 6.34. The molecule has 5 aromatic rings. The van der Waals surface area contributed by atoms with Crippen molar-refractivity contribution in [3.63, 3.8) is 0 Å². The Bertz CT molecular complexity index is 1730. The second-order valence-corrected chi connectivity index (χ2v) is 9.73. The van der Waals surface area contributed by atoms with Crippen LogP contribution in [0.2, 0.25) is 5.02 Å². The molecule has 5 rings (SSSR count). The Balaban J connectivity index is 1.56. The van der Waals surface area contributed by atoms with E-state index in [0.717, 1.165) is 16.5 Å². The number of hydrogen-bond acceptors (Lipinski definition) is 4. The zero-order valence-corrected chi connectivity index (χ0v) is 21.9. The molecular weight excluding hydrogens is 514 g/mol. The van der Waals surface area contributed by atoms with Crippen molar-refractivity contribution in [2.24, 2.45) is 0 Å². The van der Waals surface area contributed by atoms with Crippen molar-refractivity contribution in [3.05, 3.63) is 112 Å². The number of phenols is 1. The second kappa shape index (κ2) is 11.2. The largest absolute Gasteiger partial charge is 0.507 e. The third-order valence-corrected chi connectivity index (χ3v) is 7.15. The van der Waals surface area contributed by atoms with E-state index < -0.39 is 11.9 Å². The highest BCUT2D eigenvalue weighted by Crippen LogP contribution is 2.37. The zero-order chi connectivity index (χ0) is 27.5. The SMILES string of the molecule is COCCC(C(=O)O)c1cccc(-c2cc3cc(-c4ccc(-c5ccccc5)c(O)c4)c(Cl)cc3[nH]c2=O)c1. The van der Waals surface area contributed by atoms with Gasteiger partial charge in [-0.3, -0.25) is 9.59 Å². The van der Waals surface area contributed by atoms with E-state index in [9.17, 15) is 19.8 Å². The first-order valence-corrected chi connectivity index (χ1v) is 12.8. The molecule has 3 N–H and O–H groups in total. The molecule has 0 aliphatic heterocycles. The summed E-state index contributed by atoms with van der Waals surface area (Å²) >= 11 is 6.61. The van der Waals surface area contributed by atoms with Gasteiger partial charge in [0.25, 0.3) is 5.56 Å². The number of aromatic amines is 1. The predicted octanol–water partition coefficient (Wildman–Crippen LogP) is 7.09. The molecule has 1 unspecified atom stereocenters. The minimum absolute atomic E-state index is 0.135. The number of H-pyrrole nitrogens is 1. The highest BCUT2D eigenvalue weighted by atomic mass is 35.5. The summed E-state index contributed by atoms with van der Waals surface area (Å²) < 4.78 is 5.08. The molecule has 0 aliphatic rings. The van der Waals surface area contributed by atoms with E-state index in [1.54, 1.807) is 42.5 Å². The van der Waals surface area contributed by atoms with E-state index in [1.165, 1.54) is 7.11 Å². The molecule has 196 valence electrons. The Labute approximate surface area is 230 Å². The van der Waals surface area contributed by atoms with Crippen LogP contribution in [0, 0.1) is 0 Å². The molecule has 4 aromatic carbocycles. The van der Waals surface area contributed by atoms with Gasteiger partial charge in [-0.25, -0.2) is 0 Å². The van der Waals surface area contributed by atoms with Gasteiger partial charge in [0.05, 0.1) is 10.9 Å². The van der Waals surface area contributed by atoms with Gasteiger partial charge in [0.15, 0.2) is 0 Å². The van der Waals surface area contributed by atoms with Crippen LogP contribution in [0.5, 0.6) is 5.75 Å². The standard InChI is InChI=1S/C32H26ClNO5/c1-39-13-12-25(32(37)38)20-8-5-9-21(14-20)27-16-23-15-26(28(33)18-29(23)34-31(27)36)22-10-11-24(30(35)17-22)19-6-3-2-4-7-19/h2-11,14-18,25,35H,12-13H2,1H3,(H,34,36)(H,37,38). The maximum Gasteiger partial charge on any atom is 0.311 e. The lowest BCUT2D eigenvalue weighted by atomic mass is 9.92. The first-order valence-electron chi connectivity index (χ1n) is 12.4. The van der Waals surface area contributed by atoms with Gasteiger partial charge in [-0.1, -0.05) is 78.3 Å². The highest BCUT2D eigenvalue weighted by Gasteiger charge is 2.20. The number of rotatable bonds is 8. The van der Waals surface area contributed by atoms with Crippen molar-refractivity contribution in [1.82, 2.24) is 4.98 Å². The molecule has 7 heteroatoms. The van der Waals surface area contributed by atoms with E-state index in [-0.39, 0.29) is 11.3 Å². The van der Waals surface area contributed by atoms with Crippen LogP contribution in [0.4, 0.5) is 0 Å². The molecule has 0 saturated carbocycles. The average Bonchev–Trinajstić information content (AvgIpc) is 2.93. The van der Waals surface area contributed by atoms with Gasteiger partial charge in [-0.2, -0.15) is 0 Å². The van der Waals surface area contributed by atoms with Crippen LogP contribution in [0.1, 0.15) is 17.9 Å². The summed E-state index contributed by atoms with van der Waals surface area (Å²) in [4.78, 5) is 27.8. The van der Waals surface area contributed by atoms with Crippen LogP contribution in [-0.2, 0) is 9.53 Å². The number of aromatic nitrogens is 1. The number of fused-ring (bicyclic) bond motifs is 1. The molecule has 1 atom stereocenters. The molecular formula is C32H26ClNO5. The fraction of sp³-hybridized carbons (Fsp3) is 0.125. The normalized spacial score (nSPS) is 11.9. The maximum absolute atomic E-state index is 13.0. The zero-order valence-electron chi connectivity index (χ0n) is 21.1. The monoisotopic (exact) mass is 539 g/mol. The molecule has 0 amide bonds. The van der Waals surface area contributed by atoms with Crippen LogP contribution in [-0.4, -0.2) is 34.9 Å². The minimum atomic E-state index is -0.947. The summed E-state index contributed by atoms with van der Waals surface area (Å²) in [5.41, 5.74) is 4.95. The van der Waals surface area contributed by atoms with Crippen LogP contribution in [0.3, 0.4) is 0 Å². The number of nitrogens with one attached hydrogen (secondary N) is 1. The molecule has 39 heavy (non-hydrogen) atoms. The Morgan fingerprint density at radius 1 is 0.872 bits per heavy atom. The molecule has 0 fully saturated rings. The van der Waals surface area contributed by atoms with Gasteiger partial charge in [0.1, 0.15) is 5.75 Å². The first kappa shape index (κ1) is 26.2. The molecule has 1 heterocycles. The van der Waals surface area contributed by atoms with E-state index >= 15 is 0 Å². The molecule has 0 radical (unpaired) electrons. The number of aliphatic carboxylic acids is 1. The van der Waals surface area contributed by atoms with Crippen molar-refractivity contribution < 1.29 is 19.7 Å². The number of carboxylic acids is 1. The fourth-order valence-corrected chi connectivity index (χ4v) is 5.09. The summed E-state index contributed by atoms with van der Waals surface area (Å²) in [5.74, 6) is -1.56. The number of carbonyl (C=O) groups is 1. The number of pyridine rings is 1. The first-order chi connectivity index (χ1) is 18.9. The number of hydrogen-bond donors (Lipinski definition) is 3. The van der Waals surface area contributed by atoms with Crippen LogP contribution >= 0.6 is 11.6 Å². The van der Waals surface area contributed by atoms with E-state index in [1.807, 2.05) is 48.5 Å². The average molecular weight is 540 g/mol. The number of aromatic hydroxyl groups is 1. The Hall–Kier alpha value is -4.39. The molecule has 0 aliphatic carbocycles. The maximum atomic E-state index is 13.0. The third kappa shape index (κ3) is 5.43. The quantitative estimate of drug-likeness (QED) is 0.195. The van der Waals surface area contributed by atoms with Crippen LogP contribution < -0.4 is 5.56 Å². The molecule has 6 nitrogen and oxygen atoms in total. The number of ether oxygens (including phenoxy) is 1. The fourth-order valence-electron chi connectivity index (χ4n) is 4.82. The molecule has 0 spiro atoms. The van der Waals surface area contributed by atoms with Crippen LogP contribution in [0.25, 0.3) is 44.3 Å². The van der Waals surface area contributed by atoms with Gasteiger partial charge >= 0.3 is 5.97 Å². The van der Waals surface area contributed by atoms with Crippen molar-refractivity contribution in [2.75, 3.05) is 13.7 Å². The van der Waals surface area contributed by atoms with Gasteiger partial charge in [-0.15, -0.1) is 0 Å². The topological polar surface area (TPSA) is 99.6 Å². The predicted molar refractivity (Wildman–Crippen MR) is 154 cm³/mol. The van der Waals surface area contributed by atoms with Crippen molar-refractivity contribution in [1.29, 1.82) is 0 Å². The van der Waals surface area contributed by atoms with Crippen molar-refractivity contribution in [2.45, 2.75) is 12.3 Å². The van der Waals surface area contributed by atoms with Crippen molar-refractivity contribution in [3.8, 4) is 39.1 Å². The van der Waals surface area contributed by atoms with E-state index in [4.69, 9.17) is 16.3 Å². The lowest BCUT2D eigenvalue weighted by molar-refractivity contribution is -0.139. The minimum Gasteiger partial charge on any atom is -0.507 e. The molecule has 0 bridgehead atoms. The number of halogens is 1. The van der Waals surface area contributed by atoms with Gasteiger partial charge in [0, 0.05) is 35.9 Å².